The Hall–Kier alpha value is -1.06. The molecule has 1 fully saturated rings. The van der Waals surface area contributed by atoms with Gasteiger partial charge in [-0.2, -0.15) is 0 Å². The molecule has 1 aliphatic rings. The van der Waals surface area contributed by atoms with E-state index in [0.717, 1.165) is 38.4 Å². The molecular formula is C14H28N6O2S. The van der Waals surface area contributed by atoms with Gasteiger partial charge in [-0.3, -0.25) is 0 Å². The van der Waals surface area contributed by atoms with Gasteiger partial charge in [0.25, 0.3) is 0 Å². The quantitative estimate of drug-likeness (QED) is 0.727. The van der Waals surface area contributed by atoms with E-state index in [1.165, 1.54) is 0 Å². The number of aromatic nitrogens is 4. The highest BCUT2D eigenvalue weighted by Crippen LogP contribution is 2.25. The van der Waals surface area contributed by atoms with Crippen molar-refractivity contribution < 1.29 is 8.42 Å². The molecule has 0 spiro atoms. The molecule has 1 N–H and O–H groups in total. The summed E-state index contributed by atoms with van der Waals surface area (Å²) in [4.78, 5) is 2.34. The minimum atomic E-state index is -3.16. The van der Waals surface area contributed by atoms with Crippen molar-refractivity contribution in [3.63, 3.8) is 0 Å². The summed E-state index contributed by atoms with van der Waals surface area (Å²) >= 11 is 0. The van der Waals surface area contributed by atoms with Gasteiger partial charge in [0.15, 0.2) is 0 Å². The minimum absolute atomic E-state index is 0.00900. The van der Waals surface area contributed by atoms with Crippen LogP contribution in [0.1, 0.15) is 33.0 Å². The molecular weight excluding hydrogens is 316 g/mol. The highest BCUT2D eigenvalue weighted by molar-refractivity contribution is 7.89. The fraction of sp³-hybridized carbons (Fsp3) is 0.929. The standard InChI is InChI=1S/C14H28N6O2S/c1-5-23(21,22)16-14-10-19(9-13(14)11(2)3)7-6-8-20-12(4)15-17-18-20/h11,13-14,16H,5-10H2,1-4H3/t13-,14+/m1/s1. The molecule has 2 rings (SSSR count). The van der Waals surface area contributed by atoms with Gasteiger partial charge in [-0.15, -0.1) is 5.10 Å². The summed E-state index contributed by atoms with van der Waals surface area (Å²) in [6, 6.07) is 0.00900. The molecule has 1 aromatic rings. The second-order valence-corrected chi connectivity index (χ2v) is 8.64. The van der Waals surface area contributed by atoms with Crippen LogP contribution in [-0.2, 0) is 16.6 Å². The number of hydrogen-bond acceptors (Lipinski definition) is 6. The predicted molar refractivity (Wildman–Crippen MR) is 88.3 cm³/mol. The molecule has 1 aromatic heterocycles. The van der Waals surface area contributed by atoms with Crippen molar-refractivity contribution >= 4 is 10.0 Å². The van der Waals surface area contributed by atoms with Crippen molar-refractivity contribution in [3.8, 4) is 0 Å². The van der Waals surface area contributed by atoms with E-state index in [-0.39, 0.29) is 11.8 Å². The molecule has 0 radical (unpaired) electrons. The zero-order valence-corrected chi connectivity index (χ0v) is 15.3. The van der Waals surface area contributed by atoms with Crippen LogP contribution in [0.3, 0.4) is 0 Å². The second-order valence-electron chi connectivity index (χ2n) is 6.60. The first-order valence-electron chi connectivity index (χ1n) is 8.27. The fourth-order valence-electron chi connectivity index (χ4n) is 3.11. The van der Waals surface area contributed by atoms with Gasteiger partial charge in [-0.05, 0) is 49.1 Å². The van der Waals surface area contributed by atoms with Crippen molar-refractivity contribution in [2.75, 3.05) is 25.4 Å². The summed E-state index contributed by atoms with van der Waals surface area (Å²) in [5.74, 6) is 1.75. The number of nitrogens with one attached hydrogen (secondary N) is 1. The Morgan fingerprint density at radius 2 is 2.04 bits per heavy atom. The van der Waals surface area contributed by atoms with Gasteiger partial charge in [0.2, 0.25) is 10.0 Å². The molecule has 8 nitrogen and oxygen atoms in total. The average Bonchev–Trinajstić information content (AvgIpc) is 3.06. The van der Waals surface area contributed by atoms with E-state index in [1.54, 1.807) is 11.6 Å². The molecule has 0 aromatic carbocycles. The van der Waals surface area contributed by atoms with E-state index in [0.29, 0.717) is 11.8 Å². The summed E-state index contributed by atoms with van der Waals surface area (Å²) in [7, 11) is -3.16. The fourth-order valence-corrected chi connectivity index (χ4v) is 3.99. The van der Waals surface area contributed by atoms with Crippen molar-refractivity contribution in [3.05, 3.63) is 5.82 Å². The molecule has 0 bridgehead atoms. The molecule has 0 aliphatic carbocycles. The van der Waals surface area contributed by atoms with Gasteiger partial charge in [0, 0.05) is 25.7 Å². The third-order valence-electron chi connectivity index (χ3n) is 4.56. The predicted octanol–water partition coefficient (Wildman–Crippen LogP) is 0.267. The first kappa shape index (κ1) is 18.3. The lowest BCUT2D eigenvalue weighted by Gasteiger charge is -2.22. The molecule has 0 saturated carbocycles. The smallest absolute Gasteiger partial charge is 0.211 e. The van der Waals surface area contributed by atoms with Crippen LogP contribution in [0.15, 0.2) is 0 Å². The van der Waals surface area contributed by atoms with Crippen LogP contribution in [0.5, 0.6) is 0 Å². The van der Waals surface area contributed by atoms with Crippen LogP contribution in [0.4, 0.5) is 0 Å². The summed E-state index contributed by atoms with van der Waals surface area (Å²) < 4.78 is 28.4. The van der Waals surface area contributed by atoms with Gasteiger partial charge >= 0.3 is 0 Å². The molecule has 9 heteroatoms. The molecule has 2 atom stereocenters. The Bertz CT molecular complexity index is 600. The number of hydrogen-bond donors (Lipinski definition) is 1. The number of rotatable bonds is 8. The lowest BCUT2D eigenvalue weighted by molar-refractivity contribution is 0.291. The maximum Gasteiger partial charge on any atom is 0.211 e. The Morgan fingerprint density at radius 3 is 2.61 bits per heavy atom. The molecule has 23 heavy (non-hydrogen) atoms. The molecule has 132 valence electrons. The molecule has 1 saturated heterocycles. The van der Waals surface area contributed by atoms with E-state index < -0.39 is 10.0 Å². The maximum atomic E-state index is 11.9. The summed E-state index contributed by atoms with van der Waals surface area (Å²) in [6.45, 7) is 11.3. The number of aryl methyl sites for hydroxylation is 2. The van der Waals surface area contributed by atoms with Crippen molar-refractivity contribution in [2.45, 2.75) is 46.7 Å². The van der Waals surface area contributed by atoms with E-state index in [4.69, 9.17) is 0 Å². The summed E-state index contributed by atoms with van der Waals surface area (Å²) in [6.07, 6.45) is 0.948. The van der Waals surface area contributed by atoms with Crippen LogP contribution in [0.25, 0.3) is 0 Å². The first-order valence-corrected chi connectivity index (χ1v) is 9.92. The molecule has 0 unspecified atom stereocenters. The summed E-state index contributed by atoms with van der Waals surface area (Å²) in [5.41, 5.74) is 0. The van der Waals surface area contributed by atoms with Crippen LogP contribution in [0.2, 0.25) is 0 Å². The first-order chi connectivity index (χ1) is 10.8. The average molecular weight is 344 g/mol. The van der Waals surface area contributed by atoms with Crippen molar-refractivity contribution in [1.29, 1.82) is 0 Å². The Labute approximate surface area is 138 Å². The number of sulfonamides is 1. The molecule has 2 heterocycles. The number of tetrazole rings is 1. The van der Waals surface area contributed by atoms with Gasteiger partial charge < -0.3 is 4.90 Å². The topological polar surface area (TPSA) is 93.0 Å². The highest BCUT2D eigenvalue weighted by Gasteiger charge is 2.36. The summed E-state index contributed by atoms with van der Waals surface area (Å²) in [5, 5.41) is 11.5. The third-order valence-corrected chi connectivity index (χ3v) is 5.99. The van der Waals surface area contributed by atoms with Crippen LogP contribution < -0.4 is 4.72 Å². The lowest BCUT2D eigenvalue weighted by atomic mass is 9.92. The van der Waals surface area contributed by atoms with Crippen molar-refractivity contribution in [2.24, 2.45) is 11.8 Å². The van der Waals surface area contributed by atoms with Gasteiger partial charge in [-0.1, -0.05) is 13.8 Å². The van der Waals surface area contributed by atoms with Crippen LogP contribution in [0, 0.1) is 18.8 Å². The SMILES string of the molecule is CCS(=O)(=O)N[C@H]1CN(CCCn2nnnc2C)C[C@@H]1C(C)C. The lowest BCUT2D eigenvalue weighted by Crippen LogP contribution is -2.42. The van der Waals surface area contributed by atoms with Gasteiger partial charge in [-0.25, -0.2) is 17.8 Å². The van der Waals surface area contributed by atoms with E-state index in [1.807, 2.05) is 6.92 Å². The Morgan fingerprint density at radius 1 is 1.30 bits per heavy atom. The largest absolute Gasteiger partial charge is 0.301 e. The Balaban J connectivity index is 1.88. The minimum Gasteiger partial charge on any atom is -0.301 e. The zero-order valence-electron chi connectivity index (χ0n) is 14.4. The van der Waals surface area contributed by atoms with Crippen LogP contribution in [-0.4, -0.2) is 65.0 Å². The van der Waals surface area contributed by atoms with E-state index in [2.05, 4.69) is 39.0 Å². The number of nitrogens with zero attached hydrogens (tertiary/aromatic N) is 5. The third kappa shape index (κ3) is 4.95. The normalized spacial score (nSPS) is 23.0. The zero-order chi connectivity index (χ0) is 17.0. The van der Waals surface area contributed by atoms with E-state index >= 15 is 0 Å². The molecule has 1 aliphatic heterocycles. The number of likely N-dealkylation sites (tertiary alicyclic amines) is 1. The Kier molecular flexibility index (Phi) is 6.10. The van der Waals surface area contributed by atoms with Gasteiger partial charge in [0.05, 0.1) is 5.75 Å². The van der Waals surface area contributed by atoms with E-state index in [9.17, 15) is 8.42 Å². The monoisotopic (exact) mass is 344 g/mol. The highest BCUT2D eigenvalue weighted by atomic mass is 32.2. The molecule has 0 amide bonds. The van der Waals surface area contributed by atoms with Crippen LogP contribution >= 0.6 is 0 Å². The maximum absolute atomic E-state index is 11.9. The van der Waals surface area contributed by atoms with Crippen molar-refractivity contribution in [1.82, 2.24) is 29.8 Å². The second kappa shape index (κ2) is 7.67. The van der Waals surface area contributed by atoms with Gasteiger partial charge in [0.1, 0.15) is 5.82 Å².